The maximum Gasteiger partial charge on any atom is 0.261 e. The summed E-state index contributed by atoms with van der Waals surface area (Å²) in [5, 5.41) is 11.8. The molecule has 1 heterocycles. The van der Waals surface area contributed by atoms with Crippen LogP contribution in [0.1, 0.15) is 28.9 Å². The molecule has 1 aliphatic carbocycles. The molecule has 5 heteroatoms. The van der Waals surface area contributed by atoms with Gasteiger partial charge in [0.05, 0.1) is 21.2 Å². The summed E-state index contributed by atoms with van der Waals surface area (Å²) >= 11 is 7.02. The summed E-state index contributed by atoms with van der Waals surface area (Å²) < 4.78 is 0.605. The fourth-order valence-corrected chi connectivity index (χ4v) is 2.91. The van der Waals surface area contributed by atoms with Gasteiger partial charge >= 0.3 is 0 Å². The van der Waals surface area contributed by atoms with Crippen LogP contribution in [0.3, 0.4) is 0 Å². The second kappa shape index (κ2) is 4.86. The van der Waals surface area contributed by atoms with Gasteiger partial charge in [-0.15, -0.1) is 11.3 Å². The monoisotopic (exact) mass is 254 g/mol. The van der Waals surface area contributed by atoms with Crippen LogP contribution in [0.2, 0.25) is 4.34 Å². The molecule has 1 fully saturated rings. The van der Waals surface area contributed by atoms with E-state index in [1.807, 2.05) is 0 Å². The number of thiophene rings is 1. The zero-order chi connectivity index (χ0) is 11.5. The molecule has 3 nitrogen and oxygen atoms in total. The Balaban J connectivity index is 2.00. The van der Waals surface area contributed by atoms with Crippen molar-refractivity contribution in [1.82, 2.24) is 5.32 Å². The quantitative estimate of drug-likeness (QED) is 0.882. The van der Waals surface area contributed by atoms with Crippen LogP contribution in [-0.2, 0) is 0 Å². The van der Waals surface area contributed by atoms with Gasteiger partial charge in [-0.25, -0.2) is 0 Å². The summed E-state index contributed by atoms with van der Waals surface area (Å²) in [6, 6.07) is 5.65. The van der Waals surface area contributed by atoms with Crippen LogP contribution >= 0.6 is 22.9 Å². The van der Waals surface area contributed by atoms with Crippen LogP contribution < -0.4 is 5.32 Å². The highest BCUT2D eigenvalue weighted by atomic mass is 35.5. The van der Waals surface area contributed by atoms with E-state index in [0.717, 1.165) is 19.3 Å². The molecule has 16 heavy (non-hydrogen) atoms. The molecule has 1 saturated carbocycles. The van der Waals surface area contributed by atoms with Crippen LogP contribution in [0, 0.1) is 17.2 Å². The van der Waals surface area contributed by atoms with Crippen LogP contribution in [0.25, 0.3) is 0 Å². The van der Waals surface area contributed by atoms with Gasteiger partial charge < -0.3 is 5.32 Å². The maximum absolute atomic E-state index is 11.8. The summed E-state index contributed by atoms with van der Waals surface area (Å²) in [6.45, 7) is 0. The Morgan fingerprint density at radius 1 is 1.56 bits per heavy atom. The molecule has 1 aliphatic rings. The lowest BCUT2D eigenvalue weighted by atomic mass is 10.1. The molecule has 0 bridgehead atoms. The van der Waals surface area contributed by atoms with E-state index in [-0.39, 0.29) is 17.9 Å². The van der Waals surface area contributed by atoms with Crippen LogP contribution in [0.5, 0.6) is 0 Å². The van der Waals surface area contributed by atoms with E-state index in [4.69, 9.17) is 16.9 Å². The number of nitrogens with one attached hydrogen (secondary N) is 1. The minimum Gasteiger partial charge on any atom is -0.347 e. The second-order valence-electron chi connectivity index (χ2n) is 3.85. The first-order valence-corrected chi connectivity index (χ1v) is 6.36. The number of halogens is 1. The van der Waals surface area contributed by atoms with Crippen LogP contribution in [-0.4, -0.2) is 11.9 Å². The second-order valence-corrected chi connectivity index (χ2v) is 5.57. The number of amides is 1. The van der Waals surface area contributed by atoms with Gasteiger partial charge in [0.2, 0.25) is 0 Å². The Bertz CT molecular complexity index is 437. The molecule has 84 valence electrons. The lowest BCUT2D eigenvalue weighted by Crippen LogP contribution is -2.36. The topological polar surface area (TPSA) is 52.9 Å². The first kappa shape index (κ1) is 11.4. The molecule has 1 amide bonds. The lowest BCUT2D eigenvalue weighted by molar-refractivity contribution is 0.0937. The third kappa shape index (κ3) is 2.37. The predicted octanol–water partition coefficient (Wildman–Crippen LogP) is 2.82. The summed E-state index contributed by atoms with van der Waals surface area (Å²) in [7, 11) is 0. The van der Waals surface area contributed by atoms with E-state index < -0.39 is 0 Å². The summed E-state index contributed by atoms with van der Waals surface area (Å²) in [5.74, 6) is -0.163. The van der Waals surface area contributed by atoms with E-state index in [1.165, 1.54) is 11.3 Å². The molecule has 1 aromatic heterocycles. The molecule has 0 radical (unpaired) electrons. The number of hydrogen-bond donors (Lipinski definition) is 1. The van der Waals surface area contributed by atoms with Gasteiger partial charge in [0.15, 0.2) is 0 Å². The Morgan fingerprint density at radius 3 is 3.00 bits per heavy atom. The largest absolute Gasteiger partial charge is 0.347 e. The molecule has 1 N–H and O–H groups in total. The third-order valence-electron chi connectivity index (χ3n) is 2.80. The first-order chi connectivity index (χ1) is 7.70. The molecule has 2 rings (SSSR count). The normalized spacial score (nSPS) is 24.0. The van der Waals surface area contributed by atoms with Gasteiger partial charge in [-0.05, 0) is 31.4 Å². The molecule has 2 atom stereocenters. The number of carbonyl (C=O) groups is 1. The van der Waals surface area contributed by atoms with Gasteiger partial charge in [0.1, 0.15) is 0 Å². The number of carbonyl (C=O) groups excluding carboxylic acids is 1. The van der Waals surface area contributed by atoms with Crippen molar-refractivity contribution in [1.29, 1.82) is 5.26 Å². The summed E-state index contributed by atoms with van der Waals surface area (Å²) in [5.41, 5.74) is 0. The maximum atomic E-state index is 11.8. The van der Waals surface area contributed by atoms with E-state index in [2.05, 4.69) is 11.4 Å². The van der Waals surface area contributed by atoms with Crippen molar-refractivity contribution < 1.29 is 4.79 Å². The van der Waals surface area contributed by atoms with E-state index in [0.29, 0.717) is 9.21 Å². The number of rotatable bonds is 2. The molecule has 2 unspecified atom stereocenters. The van der Waals surface area contributed by atoms with Crippen LogP contribution in [0.15, 0.2) is 12.1 Å². The zero-order valence-electron chi connectivity index (χ0n) is 8.57. The van der Waals surface area contributed by atoms with E-state index >= 15 is 0 Å². The molecular weight excluding hydrogens is 244 g/mol. The summed E-state index contributed by atoms with van der Waals surface area (Å²) in [4.78, 5) is 12.4. The van der Waals surface area contributed by atoms with E-state index in [9.17, 15) is 4.79 Å². The Hall–Kier alpha value is -1.05. The highest BCUT2D eigenvalue weighted by molar-refractivity contribution is 7.17. The standard InChI is InChI=1S/C11H11ClN2OS/c12-10-5-4-9(16-10)11(15)14-8-3-1-2-7(8)6-13/h4-5,7-8H,1-3H2,(H,14,15). The number of nitriles is 1. The first-order valence-electron chi connectivity index (χ1n) is 5.16. The lowest BCUT2D eigenvalue weighted by Gasteiger charge is -2.14. The fraction of sp³-hybridized carbons (Fsp3) is 0.455. The molecule has 0 spiro atoms. The Labute approximate surface area is 103 Å². The molecule has 0 saturated heterocycles. The summed E-state index contributed by atoms with van der Waals surface area (Å²) in [6.07, 6.45) is 2.78. The highest BCUT2D eigenvalue weighted by Crippen LogP contribution is 2.26. The number of nitrogens with zero attached hydrogens (tertiary/aromatic N) is 1. The van der Waals surface area contributed by atoms with Gasteiger partial charge in [-0.1, -0.05) is 11.6 Å². The average molecular weight is 255 g/mol. The van der Waals surface area contributed by atoms with Gasteiger partial charge in [-0.3, -0.25) is 4.79 Å². The van der Waals surface area contributed by atoms with Crippen molar-refractivity contribution in [2.24, 2.45) is 5.92 Å². The fourth-order valence-electron chi connectivity index (χ4n) is 1.96. The minimum atomic E-state index is -0.121. The van der Waals surface area contributed by atoms with Gasteiger partial charge in [0, 0.05) is 6.04 Å². The SMILES string of the molecule is N#CC1CCCC1NC(=O)c1ccc(Cl)s1. The molecule has 1 aromatic rings. The van der Waals surface area contributed by atoms with Crippen LogP contribution in [0.4, 0.5) is 0 Å². The van der Waals surface area contributed by atoms with Crippen molar-refractivity contribution >= 4 is 28.8 Å². The molecule has 0 aromatic carbocycles. The van der Waals surface area contributed by atoms with Gasteiger partial charge in [-0.2, -0.15) is 5.26 Å². The van der Waals surface area contributed by atoms with Gasteiger partial charge in [0.25, 0.3) is 5.91 Å². The van der Waals surface area contributed by atoms with Crippen molar-refractivity contribution in [3.63, 3.8) is 0 Å². The average Bonchev–Trinajstić information content (AvgIpc) is 2.86. The van der Waals surface area contributed by atoms with Crippen molar-refractivity contribution in [2.45, 2.75) is 25.3 Å². The minimum absolute atomic E-state index is 0.00150. The zero-order valence-corrected chi connectivity index (χ0v) is 10.1. The Kier molecular flexibility index (Phi) is 3.47. The highest BCUT2D eigenvalue weighted by Gasteiger charge is 2.28. The molecule has 0 aliphatic heterocycles. The third-order valence-corrected chi connectivity index (χ3v) is 4.03. The smallest absolute Gasteiger partial charge is 0.261 e. The van der Waals surface area contributed by atoms with Crippen molar-refractivity contribution in [2.75, 3.05) is 0 Å². The Morgan fingerprint density at radius 2 is 2.38 bits per heavy atom. The van der Waals surface area contributed by atoms with Crippen molar-refractivity contribution in [3.05, 3.63) is 21.3 Å². The number of hydrogen-bond acceptors (Lipinski definition) is 3. The van der Waals surface area contributed by atoms with E-state index in [1.54, 1.807) is 12.1 Å². The molecular formula is C11H11ClN2OS. The van der Waals surface area contributed by atoms with Crippen molar-refractivity contribution in [3.8, 4) is 6.07 Å². The predicted molar refractivity (Wildman–Crippen MR) is 63.5 cm³/mol.